The van der Waals surface area contributed by atoms with Crippen LogP contribution in [-0.4, -0.2) is 18.8 Å². The lowest BCUT2D eigenvalue weighted by molar-refractivity contribution is 0.108. The largest absolute Gasteiger partial charge is 0.435 e. The van der Waals surface area contributed by atoms with Gasteiger partial charge in [0.25, 0.3) is 0 Å². The number of hydrogen-bond donors (Lipinski definition) is 1. The molecule has 0 heterocycles. The van der Waals surface area contributed by atoms with Crippen LogP contribution in [0.1, 0.15) is 64.2 Å². The van der Waals surface area contributed by atoms with Crippen molar-refractivity contribution in [1.29, 1.82) is 0 Å². The summed E-state index contributed by atoms with van der Waals surface area (Å²) < 4.78 is 5.28. The quantitative estimate of drug-likeness (QED) is 0.744. The molecule has 0 unspecified atom stereocenters. The Hall–Kier alpha value is -0.0151. The molecular weight excluding hydrogens is 199 g/mol. The highest BCUT2D eigenvalue weighted by atomic mass is 16.5. The first kappa shape index (κ1) is 12.4. The molecule has 16 heavy (non-hydrogen) atoms. The molecule has 0 bridgehead atoms. The summed E-state index contributed by atoms with van der Waals surface area (Å²) in [5, 5.41) is 8.72. The highest BCUT2D eigenvalue weighted by Gasteiger charge is 2.24. The zero-order chi connectivity index (χ0) is 11.2. The van der Waals surface area contributed by atoms with Gasteiger partial charge in [0.05, 0.1) is 0 Å². The fourth-order valence-corrected chi connectivity index (χ4v) is 3.53. The van der Waals surface area contributed by atoms with Gasteiger partial charge < -0.3 is 9.68 Å². The second kappa shape index (κ2) is 6.66. The van der Waals surface area contributed by atoms with Crippen LogP contribution in [0.5, 0.6) is 0 Å². The summed E-state index contributed by atoms with van der Waals surface area (Å²) in [5.74, 6) is 1.97. The van der Waals surface area contributed by atoms with Gasteiger partial charge >= 0.3 is 7.69 Å². The lowest BCUT2D eigenvalue weighted by atomic mass is 9.77. The summed E-state index contributed by atoms with van der Waals surface area (Å²) in [6.45, 7) is 0. The Bertz CT molecular complexity index is 184. The Balaban J connectivity index is 1.64. The normalized spacial score (nSPS) is 32.6. The van der Waals surface area contributed by atoms with Crippen LogP contribution in [0.15, 0.2) is 0 Å². The van der Waals surface area contributed by atoms with Gasteiger partial charge in [-0.1, -0.05) is 32.1 Å². The minimum Gasteiger partial charge on any atom is -0.430 e. The lowest BCUT2D eigenvalue weighted by Crippen LogP contribution is -2.24. The molecule has 0 atom stereocenters. The summed E-state index contributed by atoms with van der Waals surface area (Å²) in [6, 6.07) is 0. The van der Waals surface area contributed by atoms with Crippen molar-refractivity contribution in [1.82, 2.24) is 0 Å². The van der Waals surface area contributed by atoms with Crippen molar-refractivity contribution in [3.8, 4) is 0 Å². The summed E-state index contributed by atoms with van der Waals surface area (Å²) >= 11 is 0. The fourth-order valence-electron chi connectivity index (χ4n) is 3.53. The molecule has 2 aliphatic carbocycles. The van der Waals surface area contributed by atoms with E-state index in [9.17, 15) is 0 Å². The molecule has 1 N–H and O–H groups in total. The molecule has 0 saturated heterocycles. The van der Waals surface area contributed by atoms with E-state index in [4.69, 9.17) is 9.68 Å². The first-order chi connectivity index (χ1) is 7.88. The Morgan fingerprint density at radius 2 is 1.50 bits per heavy atom. The Morgan fingerprint density at radius 3 is 2.12 bits per heavy atom. The second-order valence-corrected chi connectivity index (χ2v) is 5.68. The molecule has 2 saturated carbocycles. The summed E-state index contributed by atoms with van der Waals surface area (Å²) in [6.07, 6.45) is 14.1. The van der Waals surface area contributed by atoms with Gasteiger partial charge in [-0.3, -0.25) is 0 Å². The van der Waals surface area contributed by atoms with E-state index in [-0.39, 0.29) is 7.69 Å². The molecule has 2 aliphatic rings. The van der Waals surface area contributed by atoms with Crippen LogP contribution in [0.3, 0.4) is 0 Å². The average molecular weight is 224 g/mol. The minimum absolute atomic E-state index is 0.0992. The van der Waals surface area contributed by atoms with Crippen LogP contribution >= 0.6 is 0 Å². The summed E-state index contributed by atoms with van der Waals surface area (Å²) in [5.41, 5.74) is 0. The second-order valence-electron chi connectivity index (χ2n) is 5.68. The summed E-state index contributed by atoms with van der Waals surface area (Å²) in [7, 11) is -0.0992. The van der Waals surface area contributed by atoms with E-state index in [0.29, 0.717) is 6.10 Å². The van der Waals surface area contributed by atoms with Crippen LogP contribution in [0.2, 0.25) is 0 Å². The zero-order valence-electron chi connectivity index (χ0n) is 10.4. The van der Waals surface area contributed by atoms with Gasteiger partial charge in [-0.15, -0.1) is 0 Å². The Morgan fingerprint density at radius 1 is 0.875 bits per heavy atom. The van der Waals surface area contributed by atoms with Gasteiger partial charge in [0, 0.05) is 6.10 Å². The van der Waals surface area contributed by atoms with Crippen molar-refractivity contribution < 1.29 is 9.68 Å². The van der Waals surface area contributed by atoms with Crippen LogP contribution in [-0.2, 0) is 4.65 Å². The summed E-state index contributed by atoms with van der Waals surface area (Å²) in [4.78, 5) is 0. The minimum atomic E-state index is -0.0992. The molecule has 0 aliphatic heterocycles. The maximum Gasteiger partial charge on any atom is 0.435 e. The van der Waals surface area contributed by atoms with Crippen molar-refractivity contribution in [3.05, 3.63) is 0 Å². The maximum atomic E-state index is 8.72. The van der Waals surface area contributed by atoms with Crippen molar-refractivity contribution in [2.45, 2.75) is 70.3 Å². The first-order valence-corrected chi connectivity index (χ1v) is 7.11. The molecule has 0 amide bonds. The van der Waals surface area contributed by atoms with Crippen molar-refractivity contribution in [2.24, 2.45) is 11.8 Å². The molecule has 2 nitrogen and oxygen atoms in total. The van der Waals surface area contributed by atoms with Gasteiger partial charge in [-0.25, -0.2) is 0 Å². The van der Waals surface area contributed by atoms with E-state index in [1.807, 2.05) is 0 Å². The van der Waals surface area contributed by atoms with Crippen molar-refractivity contribution in [2.75, 3.05) is 0 Å². The molecule has 92 valence electrons. The fraction of sp³-hybridized carbons (Fsp3) is 1.00. The molecule has 3 heteroatoms. The van der Waals surface area contributed by atoms with Gasteiger partial charge in [0.1, 0.15) is 0 Å². The molecule has 0 radical (unpaired) electrons. The van der Waals surface area contributed by atoms with Crippen LogP contribution in [0.25, 0.3) is 0 Å². The molecule has 0 aromatic carbocycles. The van der Waals surface area contributed by atoms with Crippen molar-refractivity contribution >= 4 is 7.69 Å². The van der Waals surface area contributed by atoms with E-state index in [2.05, 4.69) is 0 Å². The third-order valence-electron chi connectivity index (χ3n) is 4.50. The van der Waals surface area contributed by atoms with E-state index >= 15 is 0 Å². The number of rotatable bonds is 4. The molecule has 0 aromatic rings. The van der Waals surface area contributed by atoms with Crippen LogP contribution < -0.4 is 0 Å². The van der Waals surface area contributed by atoms with Gasteiger partial charge in [-0.2, -0.15) is 0 Å². The third-order valence-corrected chi connectivity index (χ3v) is 4.50. The lowest BCUT2D eigenvalue weighted by Gasteiger charge is -2.32. The van der Waals surface area contributed by atoms with Crippen LogP contribution in [0.4, 0.5) is 0 Å². The third kappa shape index (κ3) is 3.78. The molecule has 0 aromatic heterocycles. The predicted octanol–water partition coefficient (Wildman–Crippen LogP) is 2.79. The first-order valence-electron chi connectivity index (χ1n) is 7.11. The van der Waals surface area contributed by atoms with Crippen LogP contribution in [0, 0.1) is 11.8 Å². The smallest absolute Gasteiger partial charge is 0.430 e. The zero-order valence-corrected chi connectivity index (χ0v) is 10.4. The van der Waals surface area contributed by atoms with E-state index in [0.717, 1.165) is 24.7 Å². The van der Waals surface area contributed by atoms with E-state index in [1.165, 1.54) is 51.4 Å². The Kier molecular flexibility index (Phi) is 5.18. The highest BCUT2D eigenvalue weighted by Crippen LogP contribution is 2.35. The van der Waals surface area contributed by atoms with Gasteiger partial charge in [0.2, 0.25) is 0 Å². The van der Waals surface area contributed by atoms with Crippen molar-refractivity contribution in [3.63, 3.8) is 0 Å². The highest BCUT2D eigenvalue weighted by molar-refractivity contribution is 6.15. The number of hydrogen-bond acceptors (Lipinski definition) is 2. The molecule has 0 spiro atoms. The monoisotopic (exact) mass is 224 g/mol. The van der Waals surface area contributed by atoms with Gasteiger partial charge in [-0.05, 0) is 43.9 Å². The molecule has 2 fully saturated rings. The van der Waals surface area contributed by atoms with Gasteiger partial charge in [0.15, 0.2) is 0 Å². The average Bonchev–Trinajstić information content (AvgIpc) is 2.33. The van der Waals surface area contributed by atoms with E-state index in [1.54, 1.807) is 0 Å². The SMILES string of the molecule is OBOC1CCC(CC2CCCCC2)CC1. The topological polar surface area (TPSA) is 29.5 Å². The standard InChI is InChI=1S/C13H25BO2/c15-14-16-13-8-6-12(7-9-13)10-11-4-2-1-3-5-11/h11-15H,1-10H2. The molecular formula is C13H25BO2. The Labute approximate surface area is 100 Å². The molecule has 2 rings (SSSR count). The maximum absolute atomic E-state index is 8.72. The van der Waals surface area contributed by atoms with E-state index < -0.39 is 0 Å². The predicted molar refractivity (Wildman–Crippen MR) is 67.4 cm³/mol.